The molecule has 10 heteroatoms. The van der Waals surface area contributed by atoms with E-state index in [0.29, 0.717) is 11.4 Å². The highest BCUT2D eigenvalue weighted by molar-refractivity contribution is 6.02. The van der Waals surface area contributed by atoms with Gasteiger partial charge in [-0.25, -0.2) is 14.1 Å². The average Bonchev–Trinajstić information content (AvgIpc) is 3.47. The number of aromatic nitrogens is 3. The van der Waals surface area contributed by atoms with Crippen LogP contribution in [0.2, 0.25) is 0 Å². The second kappa shape index (κ2) is 8.91. The van der Waals surface area contributed by atoms with E-state index in [1.54, 1.807) is 42.5 Å². The van der Waals surface area contributed by atoms with E-state index >= 15 is 0 Å². The molecule has 156 valence electrons. The number of carbonyl (C=O) groups excluding carboxylic acids is 2. The molecular weight excluding hydrogens is 405 g/mol. The van der Waals surface area contributed by atoms with Crippen molar-refractivity contribution in [2.45, 2.75) is 0 Å². The number of nitrogens with zero attached hydrogens (tertiary/aromatic N) is 3. The zero-order valence-electron chi connectivity index (χ0n) is 16.0. The summed E-state index contributed by atoms with van der Waals surface area (Å²) in [6.45, 7) is -0.304. The molecule has 2 heterocycles. The Kier molecular flexibility index (Phi) is 5.70. The lowest BCUT2D eigenvalue weighted by atomic mass is 10.2. The number of nitrogens with one attached hydrogen (secondary N) is 2. The Morgan fingerprint density at radius 2 is 1.94 bits per heavy atom. The molecule has 0 radical (unpaired) electrons. The first-order valence-corrected chi connectivity index (χ1v) is 9.10. The van der Waals surface area contributed by atoms with E-state index in [9.17, 15) is 14.0 Å². The molecule has 31 heavy (non-hydrogen) atoms. The lowest BCUT2D eigenvalue weighted by Crippen LogP contribution is -2.20. The molecule has 4 rings (SSSR count). The van der Waals surface area contributed by atoms with E-state index in [0.717, 1.165) is 0 Å². The van der Waals surface area contributed by atoms with Crippen LogP contribution in [0.1, 0.15) is 10.6 Å². The zero-order valence-corrected chi connectivity index (χ0v) is 16.0. The number of hydrogen-bond acceptors (Lipinski definition) is 6. The highest BCUT2D eigenvalue weighted by atomic mass is 19.1. The summed E-state index contributed by atoms with van der Waals surface area (Å²) in [6.07, 6.45) is 4.07. The molecule has 4 aromatic rings. The third-order valence-corrected chi connectivity index (χ3v) is 4.10. The molecule has 0 aliphatic carbocycles. The van der Waals surface area contributed by atoms with Gasteiger partial charge in [0.1, 0.15) is 24.1 Å². The van der Waals surface area contributed by atoms with Crippen molar-refractivity contribution in [2.24, 2.45) is 0 Å². The lowest BCUT2D eigenvalue weighted by Gasteiger charge is -2.10. The standard InChI is InChI=1S/C21H16FN5O4/c22-17-10-15(6-7-18(17)27-13-23-12-24-27)25-20(28)11-31-16-4-1-3-14(9-16)26-21(29)19-5-2-8-30-19/h1-10,12-13H,11H2,(H,25,28)(H,26,29). The van der Waals surface area contributed by atoms with Gasteiger partial charge in [0.25, 0.3) is 11.8 Å². The zero-order chi connectivity index (χ0) is 21.6. The number of carbonyl (C=O) groups is 2. The lowest BCUT2D eigenvalue weighted by molar-refractivity contribution is -0.118. The van der Waals surface area contributed by atoms with Crippen LogP contribution in [0.3, 0.4) is 0 Å². The third-order valence-electron chi connectivity index (χ3n) is 4.10. The SMILES string of the molecule is O=C(COc1cccc(NC(=O)c2ccco2)c1)Nc1ccc(-n2cncn2)c(F)c1. The number of furan rings is 1. The Bertz CT molecular complexity index is 1190. The van der Waals surface area contributed by atoms with E-state index in [1.165, 1.54) is 35.7 Å². The Morgan fingerprint density at radius 3 is 2.68 bits per heavy atom. The number of hydrogen-bond donors (Lipinski definition) is 2. The molecule has 9 nitrogen and oxygen atoms in total. The van der Waals surface area contributed by atoms with Gasteiger partial charge in [-0.15, -0.1) is 0 Å². The summed E-state index contributed by atoms with van der Waals surface area (Å²) in [5.74, 6) is -0.897. The van der Waals surface area contributed by atoms with Crippen LogP contribution in [0, 0.1) is 5.82 Å². The molecule has 0 saturated carbocycles. The van der Waals surface area contributed by atoms with Gasteiger partial charge in [0.15, 0.2) is 18.2 Å². The summed E-state index contributed by atoms with van der Waals surface area (Å²) >= 11 is 0. The fourth-order valence-electron chi connectivity index (χ4n) is 2.71. The maximum Gasteiger partial charge on any atom is 0.291 e. The van der Waals surface area contributed by atoms with Crippen LogP contribution in [-0.4, -0.2) is 33.2 Å². The first-order valence-electron chi connectivity index (χ1n) is 9.10. The van der Waals surface area contributed by atoms with Crippen LogP contribution in [0.4, 0.5) is 15.8 Å². The highest BCUT2D eigenvalue weighted by Gasteiger charge is 2.11. The minimum absolute atomic E-state index is 0.174. The molecule has 0 atom stereocenters. The van der Waals surface area contributed by atoms with Crippen molar-refractivity contribution in [1.82, 2.24) is 14.8 Å². The number of rotatable bonds is 7. The largest absolute Gasteiger partial charge is 0.484 e. The molecule has 2 aromatic heterocycles. The quantitative estimate of drug-likeness (QED) is 0.474. The molecule has 0 fully saturated rings. The van der Waals surface area contributed by atoms with Gasteiger partial charge in [-0.1, -0.05) is 6.07 Å². The topological polar surface area (TPSA) is 111 Å². The molecular formula is C21H16FN5O4. The molecule has 0 spiro atoms. The Morgan fingerprint density at radius 1 is 1.06 bits per heavy atom. The Balaban J connectivity index is 1.33. The molecule has 0 aliphatic heterocycles. The van der Waals surface area contributed by atoms with Gasteiger partial charge in [0, 0.05) is 17.4 Å². The normalized spacial score (nSPS) is 10.5. The second-order valence-corrected chi connectivity index (χ2v) is 6.30. The highest BCUT2D eigenvalue weighted by Crippen LogP contribution is 2.19. The number of halogens is 1. The smallest absolute Gasteiger partial charge is 0.291 e. The summed E-state index contributed by atoms with van der Waals surface area (Å²) in [6, 6.07) is 13.9. The molecule has 0 aliphatic rings. The fraction of sp³-hybridized carbons (Fsp3) is 0.0476. The van der Waals surface area contributed by atoms with Gasteiger partial charge in [0.05, 0.1) is 6.26 Å². The van der Waals surface area contributed by atoms with Crippen molar-refractivity contribution < 1.29 is 23.1 Å². The van der Waals surface area contributed by atoms with Gasteiger partial charge in [-0.2, -0.15) is 5.10 Å². The minimum atomic E-state index is -0.566. The van der Waals surface area contributed by atoms with Crippen LogP contribution >= 0.6 is 0 Å². The van der Waals surface area contributed by atoms with E-state index in [2.05, 4.69) is 20.7 Å². The van der Waals surface area contributed by atoms with Crippen LogP contribution in [0.25, 0.3) is 5.69 Å². The molecule has 2 amide bonds. The summed E-state index contributed by atoms with van der Waals surface area (Å²) in [5, 5.41) is 9.10. The summed E-state index contributed by atoms with van der Waals surface area (Å²) in [7, 11) is 0. The van der Waals surface area contributed by atoms with Gasteiger partial charge in [-0.05, 0) is 42.5 Å². The van der Waals surface area contributed by atoms with Gasteiger partial charge in [-0.3, -0.25) is 9.59 Å². The van der Waals surface area contributed by atoms with Crippen LogP contribution in [0.5, 0.6) is 5.75 Å². The maximum absolute atomic E-state index is 14.3. The monoisotopic (exact) mass is 421 g/mol. The third kappa shape index (κ3) is 4.93. The molecule has 0 bridgehead atoms. The van der Waals surface area contributed by atoms with Crippen molar-refractivity contribution in [2.75, 3.05) is 17.2 Å². The van der Waals surface area contributed by atoms with Crippen LogP contribution < -0.4 is 15.4 Å². The van der Waals surface area contributed by atoms with Crippen molar-refractivity contribution in [3.05, 3.63) is 85.1 Å². The minimum Gasteiger partial charge on any atom is -0.484 e. The van der Waals surface area contributed by atoms with E-state index in [1.807, 2.05) is 0 Å². The van der Waals surface area contributed by atoms with E-state index in [-0.39, 0.29) is 23.7 Å². The number of ether oxygens (including phenoxy) is 1. The number of anilines is 2. The first-order chi connectivity index (χ1) is 15.1. The van der Waals surface area contributed by atoms with E-state index in [4.69, 9.17) is 9.15 Å². The van der Waals surface area contributed by atoms with Crippen molar-refractivity contribution in [3.8, 4) is 11.4 Å². The van der Waals surface area contributed by atoms with Crippen molar-refractivity contribution >= 4 is 23.2 Å². The first kappa shape index (κ1) is 19.8. The summed E-state index contributed by atoms with van der Waals surface area (Å²) in [4.78, 5) is 28.0. The van der Waals surface area contributed by atoms with Crippen molar-refractivity contribution in [3.63, 3.8) is 0 Å². The average molecular weight is 421 g/mol. The molecule has 0 unspecified atom stereocenters. The molecule has 0 saturated heterocycles. The predicted octanol–water partition coefficient (Wildman–Crippen LogP) is 3.27. The molecule has 2 aromatic carbocycles. The van der Waals surface area contributed by atoms with Gasteiger partial charge in [0.2, 0.25) is 0 Å². The number of amides is 2. The maximum atomic E-state index is 14.3. The Hall–Kier alpha value is -4.47. The predicted molar refractivity (Wildman–Crippen MR) is 109 cm³/mol. The van der Waals surface area contributed by atoms with E-state index < -0.39 is 17.6 Å². The second-order valence-electron chi connectivity index (χ2n) is 6.30. The van der Waals surface area contributed by atoms with Gasteiger partial charge < -0.3 is 19.8 Å². The van der Waals surface area contributed by atoms with Crippen molar-refractivity contribution in [1.29, 1.82) is 0 Å². The summed E-state index contributed by atoms with van der Waals surface area (Å²) in [5.41, 5.74) is 0.958. The van der Waals surface area contributed by atoms with Gasteiger partial charge >= 0.3 is 0 Å². The van der Waals surface area contributed by atoms with Crippen LogP contribution in [0.15, 0.2) is 77.9 Å². The van der Waals surface area contributed by atoms with Crippen LogP contribution in [-0.2, 0) is 4.79 Å². The molecule has 2 N–H and O–H groups in total. The summed E-state index contributed by atoms with van der Waals surface area (Å²) < 4.78 is 26.0. The Labute approximate surface area is 175 Å². The fourth-order valence-corrected chi connectivity index (χ4v) is 2.71. The number of benzene rings is 2.